The van der Waals surface area contributed by atoms with E-state index in [1.165, 1.54) is 16.7 Å². The zero-order chi connectivity index (χ0) is 17.2. The molecule has 0 bridgehead atoms. The first-order valence-electron chi connectivity index (χ1n) is 9.02. The number of hydrogen-bond acceptors (Lipinski definition) is 2. The minimum Gasteiger partial charge on any atom is -0.339 e. The third-order valence-corrected chi connectivity index (χ3v) is 5.96. The summed E-state index contributed by atoms with van der Waals surface area (Å²) in [6.45, 7) is 3.92. The van der Waals surface area contributed by atoms with Crippen molar-refractivity contribution < 1.29 is 4.79 Å². The van der Waals surface area contributed by atoms with Crippen LogP contribution in [0.2, 0.25) is 0 Å². The van der Waals surface area contributed by atoms with Crippen LogP contribution < -0.4 is 0 Å². The van der Waals surface area contributed by atoms with Crippen LogP contribution in [-0.4, -0.2) is 41.4 Å². The van der Waals surface area contributed by atoms with Crippen LogP contribution in [-0.2, 0) is 24.2 Å². The maximum absolute atomic E-state index is 12.4. The highest BCUT2D eigenvalue weighted by molar-refractivity contribution is 9.10. The fraction of sp³-hybridized carbons (Fsp3) is 0.381. The molecule has 0 saturated carbocycles. The summed E-state index contributed by atoms with van der Waals surface area (Å²) in [5.74, 6) is 0.288. The van der Waals surface area contributed by atoms with Gasteiger partial charge in [-0.25, -0.2) is 0 Å². The van der Waals surface area contributed by atoms with Crippen molar-refractivity contribution in [3.8, 4) is 0 Å². The van der Waals surface area contributed by atoms with Gasteiger partial charge in [-0.3, -0.25) is 9.69 Å². The summed E-state index contributed by atoms with van der Waals surface area (Å²) in [5.41, 5.74) is 4.16. The number of aryl methyl sites for hydroxylation is 1. The van der Waals surface area contributed by atoms with Gasteiger partial charge < -0.3 is 4.90 Å². The first-order chi connectivity index (χ1) is 12.2. The van der Waals surface area contributed by atoms with Gasteiger partial charge in [0.25, 0.3) is 0 Å². The topological polar surface area (TPSA) is 23.6 Å². The lowest BCUT2D eigenvalue weighted by Crippen LogP contribution is -2.61. The Morgan fingerprint density at radius 1 is 1.04 bits per heavy atom. The van der Waals surface area contributed by atoms with Crippen LogP contribution >= 0.6 is 15.9 Å². The van der Waals surface area contributed by atoms with Gasteiger partial charge >= 0.3 is 0 Å². The van der Waals surface area contributed by atoms with Crippen molar-refractivity contribution in [3.05, 3.63) is 69.7 Å². The van der Waals surface area contributed by atoms with Crippen LogP contribution in [0.5, 0.6) is 0 Å². The molecule has 2 aromatic carbocycles. The zero-order valence-corrected chi connectivity index (χ0v) is 15.9. The highest BCUT2D eigenvalue weighted by Crippen LogP contribution is 2.25. The molecule has 1 amide bonds. The van der Waals surface area contributed by atoms with Gasteiger partial charge in [0.1, 0.15) is 0 Å². The zero-order valence-electron chi connectivity index (χ0n) is 14.3. The smallest absolute Gasteiger partial charge is 0.223 e. The highest BCUT2D eigenvalue weighted by Gasteiger charge is 2.35. The summed E-state index contributed by atoms with van der Waals surface area (Å²) >= 11 is 3.44. The minimum atomic E-state index is 0.288. The lowest BCUT2D eigenvalue weighted by molar-refractivity contribution is -0.138. The Morgan fingerprint density at radius 3 is 2.52 bits per heavy atom. The maximum atomic E-state index is 12.4. The molecule has 2 aliphatic rings. The van der Waals surface area contributed by atoms with Crippen molar-refractivity contribution >= 4 is 21.8 Å². The van der Waals surface area contributed by atoms with Gasteiger partial charge in [-0.05, 0) is 41.7 Å². The number of carbonyl (C=O) groups excluding carboxylic acids is 1. The molecule has 0 radical (unpaired) electrons. The summed E-state index contributed by atoms with van der Waals surface area (Å²) in [7, 11) is 0. The average Bonchev–Trinajstić information content (AvgIpc) is 2.60. The fourth-order valence-electron chi connectivity index (χ4n) is 3.78. The molecule has 4 rings (SSSR count). The monoisotopic (exact) mass is 398 g/mol. The van der Waals surface area contributed by atoms with Crippen LogP contribution in [0.4, 0.5) is 0 Å². The quantitative estimate of drug-likeness (QED) is 0.784. The molecule has 0 spiro atoms. The molecule has 2 heterocycles. The van der Waals surface area contributed by atoms with E-state index >= 15 is 0 Å². The number of hydrogen-bond donors (Lipinski definition) is 0. The summed E-state index contributed by atoms with van der Waals surface area (Å²) in [5, 5.41) is 0. The Labute approximate surface area is 157 Å². The van der Waals surface area contributed by atoms with Crippen molar-refractivity contribution in [3.63, 3.8) is 0 Å². The Bertz CT molecular complexity index is 753. The molecule has 4 heteroatoms. The second-order valence-corrected chi connectivity index (χ2v) is 7.98. The number of likely N-dealkylation sites (tertiary alicyclic amines) is 1. The van der Waals surface area contributed by atoms with Gasteiger partial charge in [-0.2, -0.15) is 0 Å². The number of amides is 1. The van der Waals surface area contributed by atoms with E-state index in [0.29, 0.717) is 12.5 Å². The summed E-state index contributed by atoms with van der Waals surface area (Å²) in [6.07, 6.45) is 2.56. The van der Waals surface area contributed by atoms with E-state index in [2.05, 4.69) is 57.2 Å². The number of fused-ring (bicyclic) bond motifs is 1. The second-order valence-electron chi connectivity index (χ2n) is 7.07. The molecule has 0 unspecified atom stereocenters. The molecule has 1 saturated heterocycles. The Balaban J connectivity index is 1.25. The van der Waals surface area contributed by atoms with Crippen LogP contribution in [0.1, 0.15) is 23.1 Å². The Kier molecular flexibility index (Phi) is 4.91. The van der Waals surface area contributed by atoms with E-state index in [9.17, 15) is 4.79 Å². The van der Waals surface area contributed by atoms with E-state index in [4.69, 9.17) is 0 Å². The molecule has 130 valence electrons. The number of carbonyl (C=O) groups is 1. The summed E-state index contributed by atoms with van der Waals surface area (Å²) in [4.78, 5) is 17.0. The molecular formula is C21H23BrN2O. The molecule has 0 N–H and O–H groups in total. The molecule has 2 aliphatic heterocycles. The standard InChI is InChI=1S/C21H23BrN2O/c22-19-8-5-16(6-9-19)7-10-21(25)24-14-20(15-24)23-12-11-17-3-1-2-4-18(17)13-23/h1-6,8-9,20H,7,10-15H2. The normalized spacial score (nSPS) is 17.9. The van der Waals surface area contributed by atoms with Gasteiger partial charge in [0.15, 0.2) is 0 Å². The molecule has 0 aromatic heterocycles. The van der Waals surface area contributed by atoms with Crippen LogP contribution in [0.15, 0.2) is 53.0 Å². The lowest BCUT2D eigenvalue weighted by Gasteiger charge is -2.47. The molecular weight excluding hydrogens is 376 g/mol. The van der Waals surface area contributed by atoms with Crippen LogP contribution in [0.25, 0.3) is 0 Å². The van der Waals surface area contributed by atoms with E-state index in [1.54, 1.807) is 0 Å². The predicted molar refractivity (Wildman–Crippen MR) is 103 cm³/mol. The van der Waals surface area contributed by atoms with Crippen molar-refractivity contribution in [2.75, 3.05) is 19.6 Å². The SMILES string of the molecule is O=C(CCc1ccc(Br)cc1)N1CC(N2CCc3ccccc3C2)C1. The third-order valence-electron chi connectivity index (χ3n) is 5.43. The molecule has 25 heavy (non-hydrogen) atoms. The van der Waals surface area contributed by atoms with E-state index in [-0.39, 0.29) is 5.91 Å². The first kappa shape index (κ1) is 16.8. The average molecular weight is 399 g/mol. The van der Waals surface area contributed by atoms with Gasteiger partial charge in [0, 0.05) is 43.1 Å². The van der Waals surface area contributed by atoms with Gasteiger partial charge in [0.05, 0.1) is 0 Å². The number of nitrogens with zero attached hydrogens (tertiary/aromatic N) is 2. The van der Waals surface area contributed by atoms with E-state index < -0.39 is 0 Å². The lowest BCUT2D eigenvalue weighted by atomic mass is 9.96. The van der Waals surface area contributed by atoms with Crippen molar-refractivity contribution in [1.29, 1.82) is 0 Å². The van der Waals surface area contributed by atoms with Crippen molar-refractivity contribution in [1.82, 2.24) is 9.80 Å². The Morgan fingerprint density at radius 2 is 1.76 bits per heavy atom. The van der Waals surface area contributed by atoms with Crippen molar-refractivity contribution in [2.24, 2.45) is 0 Å². The van der Waals surface area contributed by atoms with Gasteiger partial charge in [0.2, 0.25) is 5.91 Å². The summed E-state index contributed by atoms with van der Waals surface area (Å²) in [6, 6.07) is 17.5. The minimum absolute atomic E-state index is 0.288. The number of halogens is 1. The Hall–Kier alpha value is -1.65. The van der Waals surface area contributed by atoms with Crippen LogP contribution in [0.3, 0.4) is 0 Å². The van der Waals surface area contributed by atoms with E-state index in [1.807, 2.05) is 17.0 Å². The van der Waals surface area contributed by atoms with Gasteiger partial charge in [-0.15, -0.1) is 0 Å². The van der Waals surface area contributed by atoms with Crippen LogP contribution in [0, 0.1) is 0 Å². The number of benzene rings is 2. The highest BCUT2D eigenvalue weighted by atomic mass is 79.9. The molecule has 3 nitrogen and oxygen atoms in total. The predicted octanol–water partition coefficient (Wildman–Crippen LogP) is 3.65. The first-order valence-corrected chi connectivity index (χ1v) is 9.81. The largest absolute Gasteiger partial charge is 0.339 e. The molecule has 0 aliphatic carbocycles. The second kappa shape index (κ2) is 7.30. The summed E-state index contributed by atoms with van der Waals surface area (Å²) < 4.78 is 1.08. The molecule has 1 fully saturated rings. The van der Waals surface area contributed by atoms with Crippen molar-refractivity contribution in [2.45, 2.75) is 31.8 Å². The fourth-order valence-corrected chi connectivity index (χ4v) is 4.04. The van der Waals surface area contributed by atoms with Gasteiger partial charge in [-0.1, -0.05) is 52.3 Å². The third kappa shape index (κ3) is 3.80. The van der Waals surface area contributed by atoms with E-state index in [0.717, 1.165) is 43.5 Å². The molecule has 2 aromatic rings. The molecule has 0 atom stereocenters. The maximum Gasteiger partial charge on any atom is 0.223 e. The number of rotatable bonds is 4.